The Morgan fingerprint density at radius 1 is 1.09 bits per heavy atom. The van der Waals surface area contributed by atoms with Crippen LogP contribution in [0.4, 0.5) is 0 Å². The Labute approximate surface area is 199 Å². The molecule has 17 heteroatoms. The summed E-state index contributed by atoms with van der Waals surface area (Å²) in [4.78, 5) is 23.4. The number of thiophene rings is 1. The molecule has 0 atom stereocenters. The molecule has 2 rings (SSSR count). The number of aryl methyl sites for hydroxylation is 1. The average molecular weight is 534 g/mol. The first-order chi connectivity index (χ1) is 16.1. The molecule has 14 nitrogen and oxygen atoms in total. The summed E-state index contributed by atoms with van der Waals surface area (Å²) in [5.41, 5.74) is 17.2. The standard InChI is InChI=1S/C17H24N7O7PS2/c1-2-12-13-9-14(30-7-3-5-20-23-18)15(31-8-4-6-21-24-19)10-16(13)33-17(12)34(28,29)22-11-32(25,26)27/h9-10,22H,2-8,11H2,1H3,(H2,25,26,27). The van der Waals surface area contributed by atoms with Gasteiger partial charge in [-0.3, -0.25) is 4.57 Å². The summed E-state index contributed by atoms with van der Waals surface area (Å²) in [6.45, 7) is 2.70. The SMILES string of the molecule is CCc1c(S(=O)(=O)NCP(=O)(O)O)sc2cc(OCCCN=[N+]=[N-])c(OCCCN=[N+]=[N-])cc12. The Morgan fingerprint density at radius 2 is 1.65 bits per heavy atom. The molecule has 34 heavy (non-hydrogen) atoms. The van der Waals surface area contributed by atoms with Crippen LogP contribution in [0.15, 0.2) is 26.6 Å². The number of nitrogens with one attached hydrogen (secondary N) is 1. The van der Waals surface area contributed by atoms with Gasteiger partial charge in [0, 0.05) is 39.1 Å². The molecule has 0 saturated carbocycles. The molecular formula is C17H24N7O7PS2. The molecule has 0 aliphatic heterocycles. The molecule has 186 valence electrons. The van der Waals surface area contributed by atoms with Crippen molar-refractivity contribution < 1.29 is 32.2 Å². The van der Waals surface area contributed by atoms with Crippen molar-refractivity contribution in [2.45, 2.75) is 30.4 Å². The van der Waals surface area contributed by atoms with Crippen LogP contribution in [0.3, 0.4) is 0 Å². The van der Waals surface area contributed by atoms with E-state index in [1.54, 1.807) is 19.1 Å². The van der Waals surface area contributed by atoms with E-state index in [-0.39, 0.29) is 30.5 Å². The largest absolute Gasteiger partial charge is 0.490 e. The molecule has 2 aromatic rings. The average Bonchev–Trinajstić information content (AvgIpc) is 3.15. The van der Waals surface area contributed by atoms with E-state index in [1.165, 1.54) is 0 Å². The topological polar surface area (TPSA) is 220 Å². The molecule has 1 aromatic carbocycles. The van der Waals surface area contributed by atoms with Crippen molar-refractivity contribution in [3.8, 4) is 11.5 Å². The van der Waals surface area contributed by atoms with Crippen molar-refractivity contribution in [1.29, 1.82) is 0 Å². The molecule has 0 fully saturated rings. The predicted octanol–water partition coefficient (Wildman–Crippen LogP) is 4.04. The predicted molar refractivity (Wildman–Crippen MR) is 127 cm³/mol. The lowest BCUT2D eigenvalue weighted by Gasteiger charge is -2.13. The number of hydrogen-bond acceptors (Lipinski definition) is 8. The number of azide groups is 2. The van der Waals surface area contributed by atoms with Crippen molar-refractivity contribution in [3.05, 3.63) is 38.6 Å². The number of fused-ring (bicyclic) bond motifs is 1. The summed E-state index contributed by atoms with van der Waals surface area (Å²) in [6.07, 6.45) is 0.240. The number of rotatable bonds is 15. The van der Waals surface area contributed by atoms with Gasteiger partial charge in [0.25, 0.3) is 10.0 Å². The lowest BCUT2D eigenvalue weighted by molar-refractivity contribution is 0.266. The summed E-state index contributed by atoms with van der Waals surface area (Å²) in [5, 5.41) is 7.50. The number of nitrogens with zero attached hydrogens (tertiary/aromatic N) is 6. The quantitative estimate of drug-likeness (QED) is 0.100. The second-order valence-electron chi connectivity index (χ2n) is 6.80. The summed E-state index contributed by atoms with van der Waals surface area (Å²) < 4.78 is 50.7. The van der Waals surface area contributed by atoms with Gasteiger partial charge >= 0.3 is 7.60 Å². The molecular weight excluding hydrogens is 509 g/mol. The lowest BCUT2D eigenvalue weighted by Crippen LogP contribution is -2.24. The second-order valence-corrected chi connectivity index (χ2v) is 11.5. The maximum absolute atomic E-state index is 12.8. The van der Waals surface area contributed by atoms with Crippen molar-refractivity contribution in [3.63, 3.8) is 0 Å². The highest BCUT2D eigenvalue weighted by Crippen LogP contribution is 2.42. The smallest absolute Gasteiger partial charge is 0.340 e. The second kappa shape index (κ2) is 12.8. The van der Waals surface area contributed by atoms with Gasteiger partial charge in [-0.05, 0) is 42.0 Å². The third-order valence-electron chi connectivity index (χ3n) is 4.32. The summed E-state index contributed by atoms with van der Waals surface area (Å²) >= 11 is 0.950. The minimum atomic E-state index is -4.58. The molecule has 1 aromatic heterocycles. The molecule has 0 amide bonds. The van der Waals surface area contributed by atoms with Crippen molar-refractivity contribution in [1.82, 2.24) is 4.72 Å². The summed E-state index contributed by atoms with van der Waals surface area (Å²) in [5.74, 6) is 0.713. The van der Waals surface area contributed by atoms with Crippen LogP contribution >= 0.6 is 18.9 Å². The molecule has 0 aliphatic carbocycles. The van der Waals surface area contributed by atoms with Crippen LogP contribution in [0.1, 0.15) is 25.3 Å². The number of sulfonamides is 1. The molecule has 0 aliphatic rings. The zero-order valence-electron chi connectivity index (χ0n) is 18.2. The van der Waals surface area contributed by atoms with Crippen LogP contribution < -0.4 is 14.2 Å². The van der Waals surface area contributed by atoms with Crippen molar-refractivity contribution in [2.75, 3.05) is 32.6 Å². The Hall–Kier alpha value is -2.54. The first kappa shape index (κ1) is 27.7. The first-order valence-electron chi connectivity index (χ1n) is 10.0. The highest BCUT2D eigenvalue weighted by molar-refractivity contribution is 7.92. The van der Waals surface area contributed by atoms with E-state index in [0.29, 0.717) is 46.4 Å². The van der Waals surface area contributed by atoms with Crippen LogP contribution in [0, 0.1) is 0 Å². The normalized spacial score (nSPS) is 11.6. The fourth-order valence-electron chi connectivity index (χ4n) is 2.87. The molecule has 0 saturated heterocycles. The Bertz CT molecular complexity index is 1250. The van der Waals surface area contributed by atoms with Crippen molar-refractivity contribution in [2.24, 2.45) is 10.2 Å². The first-order valence-corrected chi connectivity index (χ1v) is 14.1. The highest BCUT2D eigenvalue weighted by Gasteiger charge is 2.27. The summed E-state index contributed by atoms with van der Waals surface area (Å²) in [6, 6.07) is 3.29. The molecule has 0 radical (unpaired) electrons. The zero-order chi connectivity index (χ0) is 25.2. The van der Waals surface area contributed by atoms with Crippen LogP contribution in [0.25, 0.3) is 31.0 Å². The zero-order valence-corrected chi connectivity index (χ0v) is 20.7. The van der Waals surface area contributed by atoms with E-state index in [0.717, 1.165) is 11.3 Å². The maximum Gasteiger partial charge on any atom is 0.340 e. The highest BCUT2D eigenvalue weighted by atomic mass is 32.2. The Kier molecular flexibility index (Phi) is 10.4. The lowest BCUT2D eigenvalue weighted by atomic mass is 10.1. The van der Waals surface area contributed by atoms with Gasteiger partial charge in [0.2, 0.25) is 0 Å². The van der Waals surface area contributed by atoms with Crippen molar-refractivity contribution >= 4 is 39.0 Å². The van der Waals surface area contributed by atoms with Gasteiger partial charge < -0.3 is 19.3 Å². The maximum atomic E-state index is 12.8. The Morgan fingerprint density at radius 3 is 2.15 bits per heavy atom. The third-order valence-corrected chi connectivity index (χ3v) is 8.27. The van der Waals surface area contributed by atoms with Crippen LogP contribution in [-0.4, -0.2) is 50.8 Å². The van der Waals surface area contributed by atoms with Crippen LogP contribution in [0.2, 0.25) is 0 Å². The molecule has 0 bridgehead atoms. The van der Waals surface area contributed by atoms with Gasteiger partial charge in [-0.25, -0.2) is 8.42 Å². The van der Waals surface area contributed by atoms with E-state index in [9.17, 15) is 13.0 Å². The van der Waals surface area contributed by atoms with Gasteiger partial charge in [-0.1, -0.05) is 17.2 Å². The minimum absolute atomic E-state index is 0.0479. The van der Waals surface area contributed by atoms with E-state index in [1.807, 2.05) is 4.72 Å². The number of hydrogen-bond donors (Lipinski definition) is 3. The van der Waals surface area contributed by atoms with Crippen LogP contribution in [0.5, 0.6) is 11.5 Å². The van der Waals surface area contributed by atoms with Gasteiger partial charge in [-0.15, -0.1) is 11.3 Å². The fraction of sp³-hybridized carbons (Fsp3) is 0.529. The fourth-order valence-corrected chi connectivity index (χ4v) is 6.85. The van der Waals surface area contributed by atoms with E-state index < -0.39 is 23.9 Å². The number of benzene rings is 1. The molecule has 0 unspecified atom stereocenters. The van der Waals surface area contributed by atoms with E-state index in [4.69, 9.17) is 30.3 Å². The van der Waals surface area contributed by atoms with Gasteiger partial charge in [-0.2, -0.15) is 4.72 Å². The molecule has 3 N–H and O–H groups in total. The van der Waals surface area contributed by atoms with Gasteiger partial charge in [0.05, 0.1) is 13.2 Å². The van der Waals surface area contributed by atoms with Crippen LogP contribution in [-0.2, 0) is 21.0 Å². The summed E-state index contributed by atoms with van der Waals surface area (Å²) in [7, 11) is -8.76. The molecule has 1 heterocycles. The molecule has 0 spiro atoms. The Balaban J connectivity index is 2.42. The third kappa shape index (κ3) is 8.05. The number of ether oxygens (including phenoxy) is 2. The van der Waals surface area contributed by atoms with E-state index >= 15 is 0 Å². The van der Waals surface area contributed by atoms with Gasteiger partial charge in [0.1, 0.15) is 10.5 Å². The monoisotopic (exact) mass is 533 g/mol. The van der Waals surface area contributed by atoms with E-state index in [2.05, 4.69) is 20.1 Å². The van der Waals surface area contributed by atoms with Gasteiger partial charge in [0.15, 0.2) is 11.5 Å². The minimum Gasteiger partial charge on any atom is -0.490 e.